The molecule has 0 aliphatic carbocycles. The van der Waals surface area contributed by atoms with Gasteiger partial charge in [-0.15, -0.1) is 0 Å². The van der Waals surface area contributed by atoms with Crippen LogP contribution in [0.25, 0.3) is 0 Å². The summed E-state index contributed by atoms with van der Waals surface area (Å²) in [5.74, 6) is 0.0593. The van der Waals surface area contributed by atoms with Crippen LogP contribution in [0.3, 0.4) is 0 Å². The summed E-state index contributed by atoms with van der Waals surface area (Å²) in [7, 11) is 0. The Balaban J connectivity index is 2.11. The Bertz CT molecular complexity index is 558. The topological polar surface area (TPSA) is 46.6 Å². The normalized spacial score (nSPS) is 23.1. The highest BCUT2D eigenvalue weighted by molar-refractivity contribution is 9.10. The van der Waals surface area contributed by atoms with E-state index in [2.05, 4.69) is 15.9 Å². The van der Waals surface area contributed by atoms with Crippen molar-refractivity contribution in [1.82, 2.24) is 4.90 Å². The molecule has 22 heavy (non-hydrogen) atoms. The van der Waals surface area contributed by atoms with E-state index in [1.165, 1.54) is 0 Å². The van der Waals surface area contributed by atoms with E-state index < -0.39 is 5.60 Å². The van der Waals surface area contributed by atoms with Crippen molar-refractivity contribution >= 4 is 27.8 Å². The molecular weight excluding hydrogens is 346 g/mol. The smallest absolute Gasteiger partial charge is 0.410 e. The monoisotopic (exact) mass is 367 g/mol. The molecule has 1 heterocycles. The second-order valence-corrected chi connectivity index (χ2v) is 6.87. The summed E-state index contributed by atoms with van der Waals surface area (Å²) in [6.07, 6.45) is 1.33. The number of carbonyl (C=O) groups is 2. The summed E-state index contributed by atoms with van der Waals surface area (Å²) in [5.41, 5.74) is 0.439. The van der Waals surface area contributed by atoms with Crippen LogP contribution in [0, 0.1) is 0 Å². The minimum absolute atomic E-state index is 0.0483. The van der Waals surface area contributed by atoms with Gasteiger partial charge in [0.2, 0.25) is 0 Å². The molecule has 4 nitrogen and oxygen atoms in total. The zero-order valence-electron chi connectivity index (χ0n) is 13.3. The predicted octanol–water partition coefficient (Wildman–Crippen LogP) is 4.48. The molecule has 0 N–H and O–H groups in total. The molecule has 120 valence electrons. The SMILES string of the molecule is CCC1(CC(C)=O)CCN(C(C)c2ccc(Br)cc2)C(=O)O1. The van der Waals surface area contributed by atoms with Crippen LogP contribution in [-0.4, -0.2) is 28.9 Å². The van der Waals surface area contributed by atoms with Crippen molar-refractivity contribution in [2.45, 2.75) is 51.7 Å². The van der Waals surface area contributed by atoms with E-state index in [9.17, 15) is 9.59 Å². The summed E-state index contributed by atoms with van der Waals surface area (Å²) in [6, 6.07) is 7.88. The van der Waals surface area contributed by atoms with Crippen molar-refractivity contribution < 1.29 is 14.3 Å². The van der Waals surface area contributed by atoms with E-state index in [0.717, 1.165) is 10.0 Å². The lowest BCUT2D eigenvalue weighted by molar-refractivity contribution is -0.125. The molecule has 2 unspecified atom stereocenters. The highest BCUT2D eigenvalue weighted by Crippen LogP contribution is 2.34. The lowest BCUT2D eigenvalue weighted by Crippen LogP contribution is -2.50. The Morgan fingerprint density at radius 2 is 2.05 bits per heavy atom. The number of ketones is 1. The summed E-state index contributed by atoms with van der Waals surface area (Å²) >= 11 is 3.41. The first kappa shape index (κ1) is 17.0. The molecule has 5 heteroatoms. The molecule has 1 aliphatic heterocycles. The van der Waals surface area contributed by atoms with Crippen molar-refractivity contribution in [2.75, 3.05) is 6.54 Å². The minimum atomic E-state index is -0.626. The number of carbonyl (C=O) groups excluding carboxylic acids is 2. The van der Waals surface area contributed by atoms with Crippen LogP contribution < -0.4 is 0 Å². The maximum atomic E-state index is 12.4. The van der Waals surface area contributed by atoms with Crippen LogP contribution in [0.1, 0.15) is 51.6 Å². The van der Waals surface area contributed by atoms with E-state index in [-0.39, 0.29) is 17.9 Å². The maximum absolute atomic E-state index is 12.4. The van der Waals surface area contributed by atoms with Crippen molar-refractivity contribution in [3.05, 3.63) is 34.3 Å². The number of rotatable bonds is 5. The largest absolute Gasteiger partial charge is 0.442 e. The maximum Gasteiger partial charge on any atom is 0.410 e. The number of halogens is 1. The molecule has 1 saturated heterocycles. The molecule has 2 atom stereocenters. The van der Waals surface area contributed by atoms with E-state index in [4.69, 9.17) is 4.74 Å². The summed E-state index contributed by atoms with van der Waals surface area (Å²) in [5, 5.41) is 0. The van der Waals surface area contributed by atoms with E-state index in [1.807, 2.05) is 38.1 Å². The third kappa shape index (κ3) is 3.69. The number of amides is 1. The van der Waals surface area contributed by atoms with E-state index >= 15 is 0 Å². The number of hydrogen-bond acceptors (Lipinski definition) is 3. The van der Waals surface area contributed by atoms with Gasteiger partial charge in [0.15, 0.2) is 0 Å². The molecule has 1 aliphatic rings. The lowest BCUT2D eigenvalue weighted by Gasteiger charge is -2.42. The van der Waals surface area contributed by atoms with Gasteiger partial charge in [-0.2, -0.15) is 0 Å². The summed E-state index contributed by atoms with van der Waals surface area (Å²) in [4.78, 5) is 25.6. The Labute approximate surface area is 140 Å². The molecular formula is C17H22BrNO3. The van der Waals surface area contributed by atoms with Crippen LogP contribution in [-0.2, 0) is 9.53 Å². The van der Waals surface area contributed by atoms with Crippen molar-refractivity contribution in [3.63, 3.8) is 0 Å². The average Bonchev–Trinajstić information content (AvgIpc) is 2.47. The molecule has 1 fully saturated rings. The molecule has 1 amide bonds. The first-order valence-corrected chi connectivity index (χ1v) is 8.41. The van der Waals surface area contributed by atoms with Gasteiger partial charge in [-0.1, -0.05) is 35.0 Å². The lowest BCUT2D eigenvalue weighted by atomic mass is 9.88. The number of Topliss-reactive ketones (excluding diaryl/α,β-unsaturated/α-hetero) is 1. The molecule has 1 aromatic rings. The molecule has 0 bridgehead atoms. The number of ether oxygens (including phenoxy) is 1. The molecule has 0 saturated carbocycles. The number of hydrogen-bond donors (Lipinski definition) is 0. The van der Waals surface area contributed by atoms with Gasteiger partial charge in [-0.25, -0.2) is 4.79 Å². The van der Waals surface area contributed by atoms with E-state index in [1.54, 1.807) is 11.8 Å². The fourth-order valence-corrected chi connectivity index (χ4v) is 3.20. The zero-order valence-corrected chi connectivity index (χ0v) is 14.9. The Hall–Kier alpha value is -1.36. The van der Waals surface area contributed by atoms with Gasteiger partial charge in [-0.05, 0) is 38.0 Å². The second-order valence-electron chi connectivity index (χ2n) is 5.95. The van der Waals surface area contributed by atoms with Gasteiger partial charge in [0.25, 0.3) is 0 Å². The van der Waals surface area contributed by atoms with Crippen LogP contribution in [0.2, 0.25) is 0 Å². The van der Waals surface area contributed by atoms with Crippen LogP contribution in [0.4, 0.5) is 4.79 Å². The Morgan fingerprint density at radius 3 is 2.55 bits per heavy atom. The van der Waals surface area contributed by atoms with E-state index in [0.29, 0.717) is 25.8 Å². The summed E-state index contributed by atoms with van der Waals surface area (Å²) in [6.45, 7) is 6.11. The second kappa shape index (κ2) is 6.82. The van der Waals surface area contributed by atoms with Crippen molar-refractivity contribution in [3.8, 4) is 0 Å². The Kier molecular flexibility index (Phi) is 5.27. The van der Waals surface area contributed by atoms with Gasteiger partial charge >= 0.3 is 6.09 Å². The van der Waals surface area contributed by atoms with Gasteiger partial charge in [-0.3, -0.25) is 4.79 Å². The standard InChI is InChI=1S/C17H22BrNO3/c1-4-17(11-12(2)20)9-10-19(16(21)22-17)13(3)14-5-7-15(18)8-6-14/h5-8,13H,4,9-11H2,1-3H3. The molecule has 0 aromatic heterocycles. The van der Waals surface area contributed by atoms with Crippen LogP contribution in [0.15, 0.2) is 28.7 Å². The van der Waals surface area contributed by atoms with Gasteiger partial charge in [0.05, 0.1) is 6.04 Å². The first-order valence-electron chi connectivity index (χ1n) is 7.61. The predicted molar refractivity (Wildman–Crippen MR) is 88.7 cm³/mol. The highest BCUT2D eigenvalue weighted by atomic mass is 79.9. The zero-order chi connectivity index (χ0) is 16.3. The minimum Gasteiger partial charge on any atom is -0.442 e. The van der Waals surface area contributed by atoms with Crippen molar-refractivity contribution in [2.24, 2.45) is 0 Å². The Morgan fingerprint density at radius 1 is 1.41 bits per heavy atom. The molecule has 1 aromatic carbocycles. The molecule has 0 radical (unpaired) electrons. The van der Waals surface area contributed by atoms with Gasteiger partial charge in [0, 0.05) is 23.9 Å². The number of cyclic esters (lactones) is 1. The fraction of sp³-hybridized carbons (Fsp3) is 0.529. The highest BCUT2D eigenvalue weighted by Gasteiger charge is 2.41. The number of benzene rings is 1. The number of nitrogens with zero attached hydrogens (tertiary/aromatic N) is 1. The third-order valence-corrected chi connectivity index (χ3v) is 4.91. The first-order chi connectivity index (χ1) is 10.4. The average molecular weight is 368 g/mol. The quantitative estimate of drug-likeness (QED) is 0.770. The van der Waals surface area contributed by atoms with Gasteiger partial charge < -0.3 is 9.64 Å². The van der Waals surface area contributed by atoms with Crippen LogP contribution in [0.5, 0.6) is 0 Å². The van der Waals surface area contributed by atoms with Crippen LogP contribution >= 0.6 is 15.9 Å². The van der Waals surface area contributed by atoms with Crippen molar-refractivity contribution in [1.29, 1.82) is 0 Å². The molecule has 2 rings (SSSR count). The summed E-state index contributed by atoms with van der Waals surface area (Å²) < 4.78 is 6.68. The third-order valence-electron chi connectivity index (χ3n) is 4.38. The fourth-order valence-electron chi connectivity index (χ4n) is 2.94. The van der Waals surface area contributed by atoms with Gasteiger partial charge in [0.1, 0.15) is 11.4 Å². The molecule has 0 spiro atoms.